The van der Waals surface area contributed by atoms with E-state index in [2.05, 4.69) is 46.2 Å². The number of nitrogens with zero attached hydrogens (tertiary/aromatic N) is 3. The van der Waals surface area contributed by atoms with Crippen LogP contribution in [-0.4, -0.2) is 56.7 Å². The van der Waals surface area contributed by atoms with E-state index in [1.165, 1.54) is 11.3 Å². The first-order chi connectivity index (χ1) is 14.2. The smallest absolute Gasteiger partial charge is 0.227 e. The van der Waals surface area contributed by atoms with E-state index in [-0.39, 0.29) is 5.91 Å². The van der Waals surface area contributed by atoms with Gasteiger partial charge in [0.25, 0.3) is 0 Å². The van der Waals surface area contributed by atoms with Crippen molar-refractivity contribution in [1.82, 2.24) is 4.90 Å². The molecular weight excluding hydrogens is 362 g/mol. The molecule has 0 unspecified atom stereocenters. The Kier molecular flexibility index (Phi) is 6.35. The standard InChI is InChI=1S/C24H31N3O2/c1-2-27-23-11-10-22(19-20(23)9-12-24(27)28)29-18-6-13-25-14-16-26(17-15-25)21-7-4-3-5-8-21/h3-5,7-8,10-11,19H,2,6,9,12-18H2,1H3. The molecule has 0 atom stereocenters. The Labute approximate surface area is 173 Å². The largest absolute Gasteiger partial charge is 0.494 e. The molecule has 2 aromatic carbocycles. The average Bonchev–Trinajstić information content (AvgIpc) is 2.78. The van der Waals surface area contributed by atoms with Crippen molar-refractivity contribution in [3.63, 3.8) is 0 Å². The number of ether oxygens (including phenoxy) is 1. The number of piperazine rings is 1. The van der Waals surface area contributed by atoms with Gasteiger partial charge in [0, 0.05) is 57.1 Å². The second-order valence-electron chi connectivity index (χ2n) is 7.79. The Hall–Kier alpha value is -2.53. The van der Waals surface area contributed by atoms with E-state index in [1.54, 1.807) is 0 Å². The molecular formula is C24H31N3O2. The first-order valence-electron chi connectivity index (χ1n) is 10.8. The van der Waals surface area contributed by atoms with Gasteiger partial charge in [-0.2, -0.15) is 0 Å². The number of carbonyl (C=O) groups is 1. The van der Waals surface area contributed by atoms with E-state index in [0.29, 0.717) is 6.42 Å². The molecule has 29 heavy (non-hydrogen) atoms. The number of aryl methyl sites for hydroxylation is 1. The summed E-state index contributed by atoms with van der Waals surface area (Å²) >= 11 is 0. The monoisotopic (exact) mass is 393 g/mol. The normalized spacial score (nSPS) is 17.3. The zero-order chi connectivity index (χ0) is 20.1. The lowest BCUT2D eigenvalue weighted by atomic mass is 10.0. The molecule has 2 aliphatic rings. The maximum absolute atomic E-state index is 12.0. The van der Waals surface area contributed by atoms with Crippen LogP contribution < -0.4 is 14.5 Å². The summed E-state index contributed by atoms with van der Waals surface area (Å²) in [5.74, 6) is 1.14. The van der Waals surface area contributed by atoms with Crippen LogP contribution in [0.4, 0.5) is 11.4 Å². The summed E-state index contributed by atoms with van der Waals surface area (Å²) in [4.78, 5) is 18.9. The molecule has 1 fully saturated rings. The van der Waals surface area contributed by atoms with E-state index in [1.807, 2.05) is 24.0 Å². The molecule has 0 radical (unpaired) electrons. The summed E-state index contributed by atoms with van der Waals surface area (Å²) in [7, 11) is 0. The third kappa shape index (κ3) is 4.73. The highest BCUT2D eigenvalue weighted by molar-refractivity contribution is 5.96. The van der Waals surface area contributed by atoms with Crippen LogP contribution in [-0.2, 0) is 11.2 Å². The molecule has 154 valence electrons. The number of anilines is 2. The third-order valence-electron chi connectivity index (χ3n) is 5.95. The first-order valence-corrected chi connectivity index (χ1v) is 10.8. The van der Waals surface area contributed by atoms with Crippen LogP contribution in [0.1, 0.15) is 25.3 Å². The lowest BCUT2D eigenvalue weighted by molar-refractivity contribution is -0.118. The predicted octanol–water partition coefficient (Wildman–Crippen LogP) is 3.58. The number of benzene rings is 2. The van der Waals surface area contributed by atoms with Crippen LogP contribution >= 0.6 is 0 Å². The maximum Gasteiger partial charge on any atom is 0.227 e. The Morgan fingerprint density at radius 3 is 2.52 bits per heavy atom. The van der Waals surface area contributed by atoms with Crippen LogP contribution in [0, 0.1) is 0 Å². The fourth-order valence-corrected chi connectivity index (χ4v) is 4.32. The van der Waals surface area contributed by atoms with Gasteiger partial charge in [0.2, 0.25) is 5.91 Å². The number of fused-ring (bicyclic) bond motifs is 1. The maximum atomic E-state index is 12.0. The van der Waals surface area contributed by atoms with Gasteiger partial charge in [-0.3, -0.25) is 9.69 Å². The zero-order valence-electron chi connectivity index (χ0n) is 17.3. The van der Waals surface area contributed by atoms with Crippen LogP contribution in [0.3, 0.4) is 0 Å². The summed E-state index contributed by atoms with van der Waals surface area (Å²) in [6, 6.07) is 16.8. The van der Waals surface area contributed by atoms with Crippen molar-refractivity contribution >= 4 is 17.3 Å². The Morgan fingerprint density at radius 1 is 0.966 bits per heavy atom. The Morgan fingerprint density at radius 2 is 1.76 bits per heavy atom. The average molecular weight is 394 g/mol. The van der Waals surface area contributed by atoms with Crippen molar-refractivity contribution in [2.75, 3.05) is 55.7 Å². The quantitative estimate of drug-likeness (QED) is 0.674. The lowest BCUT2D eigenvalue weighted by Crippen LogP contribution is -2.46. The van der Waals surface area contributed by atoms with Crippen LogP contribution in [0.5, 0.6) is 5.75 Å². The molecule has 2 heterocycles. The summed E-state index contributed by atoms with van der Waals surface area (Å²) in [5.41, 5.74) is 3.60. The van der Waals surface area contributed by atoms with Gasteiger partial charge in [-0.1, -0.05) is 18.2 Å². The summed E-state index contributed by atoms with van der Waals surface area (Å²) in [6.45, 7) is 8.94. The molecule has 0 aromatic heterocycles. The van der Waals surface area contributed by atoms with E-state index in [4.69, 9.17) is 4.74 Å². The zero-order valence-corrected chi connectivity index (χ0v) is 17.3. The van der Waals surface area contributed by atoms with Crippen LogP contribution in [0.25, 0.3) is 0 Å². The number of para-hydroxylation sites is 1. The minimum atomic E-state index is 0.223. The van der Waals surface area contributed by atoms with Gasteiger partial charge in [-0.25, -0.2) is 0 Å². The van der Waals surface area contributed by atoms with Crippen molar-refractivity contribution < 1.29 is 9.53 Å². The fraction of sp³-hybridized carbons (Fsp3) is 0.458. The van der Waals surface area contributed by atoms with Gasteiger partial charge < -0.3 is 14.5 Å². The predicted molar refractivity (Wildman–Crippen MR) is 118 cm³/mol. The first kappa shape index (κ1) is 19.8. The number of amides is 1. The van der Waals surface area contributed by atoms with Gasteiger partial charge >= 0.3 is 0 Å². The molecule has 0 spiro atoms. The second-order valence-corrected chi connectivity index (χ2v) is 7.79. The molecule has 5 nitrogen and oxygen atoms in total. The van der Waals surface area contributed by atoms with E-state index in [0.717, 1.165) is 70.2 Å². The summed E-state index contributed by atoms with van der Waals surface area (Å²) < 4.78 is 6.01. The Balaban J connectivity index is 1.20. The molecule has 1 amide bonds. The van der Waals surface area contributed by atoms with Crippen molar-refractivity contribution in [3.05, 3.63) is 54.1 Å². The summed E-state index contributed by atoms with van der Waals surface area (Å²) in [6.07, 6.45) is 2.44. The Bertz CT molecular complexity index is 816. The molecule has 1 saturated heterocycles. The second kappa shape index (κ2) is 9.31. The van der Waals surface area contributed by atoms with Crippen molar-refractivity contribution in [2.45, 2.75) is 26.2 Å². The topological polar surface area (TPSA) is 36.0 Å². The highest BCUT2D eigenvalue weighted by Crippen LogP contribution is 2.31. The van der Waals surface area contributed by atoms with Gasteiger partial charge in [-0.15, -0.1) is 0 Å². The molecule has 0 bridgehead atoms. The van der Waals surface area contributed by atoms with Crippen molar-refractivity contribution in [2.24, 2.45) is 0 Å². The van der Waals surface area contributed by atoms with Crippen molar-refractivity contribution in [1.29, 1.82) is 0 Å². The van der Waals surface area contributed by atoms with Crippen LogP contribution in [0.15, 0.2) is 48.5 Å². The highest BCUT2D eigenvalue weighted by atomic mass is 16.5. The van der Waals surface area contributed by atoms with Gasteiger partial charge in [0.1, 0.15) is 5.75 Å². The van der Waals surface area contributed by atoms with E-state index in [9.17, 15) is 4.79 Å². The molecule has 0 saturated carbocycles. The third-order valence-corrected chi connectivity index (χ3v) is 5.95. The fourth-order valence-electron chi connectivity index (χ4n) is 4.32. The number of hydrogen-bond donors (Lipinski definition) is 0. The summed E-state index contributed by atoms with van der Waals surface area (Å²) in [5, 5.41) is 0. The van der Waals surface area contributed by atoms with Crippen LogP contribution in [0.2, 0.25) is 0 Å². The minimum Gasteiger partial charge on any atom is -0.494 e. The molecule has 2 aromatic rings. The minimum absolute atomic E-state index is 0.223. The van der Waals surface area contributed by atoms with Gasteiger partial charge in [-0.05, 0) is 55.7 Å². The SMILES string of the molecule is CCN1C(=O)CCc2cc(OCCCN3CCN(c4ccccc4)CC3)ccc21. The molecule has 2 aliphatic heterocycles. The van der Waals surface area contributed by atoms with E-state index < -0.39 is 0 Å². The molecule has 0 N–H and O–H groups in total. The number of hydrogen-bond acceptors (Lipinski definition) is 4. The lowest BCUT2D eigenvalue weighted by Gasteiger charge is -2.36. The highest BCUT2D eigenvalue weighted by Gasteiger charge is 2.23. The van der Waals surface area contributed by atoms with Crippen molar-refractivity contribution in [3.8, 4) is 5.75 Å². The van der Waals surface area contributed by atoms with E-state index >= 15 is 0 Å². The number of carbonyl (C=O) groups excluding carboxylic acids is 1. The number of rotatable bonds is 7. The molecule has 0 aliphatic carbocycles. The van der Waals surface area contributed by atoms with Gasteiger partial charge in [0.05, 0.1) is 6.61 Å². The van der Waals surface area contributed by atoms with Gasteiger partial charge in [0.15, 0.2) is 0 Å². The molecule has 4 rings (SSSR count). The molecule has 5 heteroatoms.